The Morgan fingerprint density at radius 3 is 2.69 bits per heavy atom. The van der Waals surface area contributed by atoms with E-state index in [9.17, 15) is 8.78 Å². The van der Waals surface area contributed by atoms with Crippen LogP contribution in [0.25, 0.3) is 0 Å². The molecule has 1 heterocycles. The van der Waals surface area contributed by atoms with Gasteiger partial charge in [-0.1, -0.05) is 11.6 Å². The van der Waals surface area contributed by atoms with Crippen LogP contribution >= 0.6 is 27.5 Å². The van der Waals surface area contributed by atoms with Gasteiger partial charge in [0, 0.05) is 0 Å². The minimum atomic E-state index is -2.68. The molecule has 13 heavy (non-hydrogen) atoms. The van der Waals surface area contributed by atoms with E-state index in [0.717, 1.165) is 0 Å². The van der Waals surface area contributed by atoms with Crippen LogP contribution < -0.4 is 4.74 Å². The van der Waals surface area contributed by atoms with Crippen LogP contribution in [0.1, 0.15) is 12.0 Å². The molecule has 6 heteroatoms. The quantitative estimate of drug-likeness (QED) is 0.769. The molecular formula is C7H5BrClF2NO. The number of aromatic nitrogens is 1. The second-order valence-corrected chi connectivity index (χ2v) is 3.27. The van der Waals surface area contributed by atoms with Gasteiger partial charge in [0.25, 0.3) is 6.43 Å². The molecule has 0 N–H and O–H groups in total. The number of ether oxygens (including phenoxy) is 1. The predicted molar refractivity (Wildman–Crippen MR) is 48.5 cm³/mol. The van der Waals surface area contributed by atoms with E-state index in [0.29, 0.717) is 0 Å². The highest BCUT2D eigenvalue weighted by atomic mass is 79.9. The van der Waals surface area contributed by atoms with Gasteiger partial charge in [-0.3, -0.25) is 0 Å². The van der Waals surface area contributed by atoms with Gasteiger partial charge in [0.05, 0.1) is 23.9 Å². The summed E-state index contributed by atoms with van der Waals surface area (Å²) in [5.41, 5.74) is -0.346. The Labute approximate surface area is 87.0 Å². The van der Waals surface area contributed by atoms with Crippen molar-refractivity contribution in [3.05, 3.63) is 21.4 Å². The zero-order chi connectivity index (χ0) is 10.0. The third kappa shape index (κ3) is 2.08. The normalized spacial score (nSPS) is 10.6. The first-order chi connectivity index (χ1) is 6.07. The number of hydrogen-bond donors (Lipinski definition) is 0. The Morgan fingerprint density at radius 1 is 1.62 bits per heavy atom. The molecule has 1 aromatic heterocycles. The van der Waals surface area contributed by atoms with Crippen molar-refractivity contribution >= 4 is 27.5 Å². The third-order valence-electron chi connectivity index (χ3n) is 1.41. The van der Waals surface area contributed by atoms with E-state index in [-0.39, 0.29) is 20.9 Å². The van der Waals surface area contributed by atoms with Crippen molar-refractivity contribution in [3.63, 3.8) is 0 Å². The Balaban J connectivity index is 3.30. The molecule has 1 aromatic rings. The Kier molecular flexibility index (Phi) is 3.44. The van der Waals surface area contributed by atoms with Crippen LogP contribution in [0.3, 0.4) is 0 Å². The summed E-state index contributed by atoms with van der Waals surface area (Å²) in [7, 11) is 1.34. The van der Waals surface area contributed by atoms with E-state index in [2.05, 4.69) is 20.9 Å². The molecule has 0 radical (unpaired) electrons. The molecule has 0 amide bonds. The first-order valence-electron chi connectivity index (χ1n) is 3.24. The van der Waals surface area contributed by atoms with Gasteiger partial charge in [-0.2, -0.15) is 0 Å². The lowest BCUT2D eigenvalue weighted by molar-refractivity contribution is 0.149. The molecule has 1 rings (SSSR count). The molecule has 0 unspecified atom stereocenters. The van der Waals surface area contributed by atoms with Crippen LogP contribution in [0.5, 0.6) is 5.75 Å². The van der Waals surface area contributed by atoms with Gasteiger partial charge in [0.1, 0.15) is 4.60 Å². The lowest BCUT2D eigenvalue weighted by Gasteiger charge is -2.08. The van der Waals surface area contributed by atoms with E-state index in [1.807, 2.05) is 0 Å². The zero-order valence-electron chi connectivity index (χ0n) is 6.52. The monoisotopic (exact) mass is 271 g/mol. The maximum Gasteiger partial charge on any atom is 0.268 e. The smallest absolute Gasteiger partial charge is 0.268 e. The molecule has 0 aliphatic rings. The van der Waals surface area contributed by atoms with Crippen molar-refractivity contribution < 1.29 is 13.5 Å². The highest BCUT2D eigenvalue weighted by Gasteiger charge is 2.20. The summed E-state index contributed by atoms with van der Waals surface area (Å²) in [4.78, 5) is 3.66. The van der Waals surface area contributed by atoms with Crippen LogP contribution in [0.4, 0.5) is 8.78 Å². The summed E-state index contributed by atoms with van der Waals surface area (Å²) in [5.74, 6) is 0.139. The number of halogens is 4. The minimum Gasteiger partial charge on any atom is -0.494 e. The molecule has 0 aliphatic heterocycles. The largest absolute Gasteiger partial charge is 0.494 e. The summed E-state index contributed by atoms with van der Waals surface area (Å²) in [6.07, 6.45) is -1.40. The topological polar surface area (TPSA) is 22.1 Å². The van der Waals surface area contributed by atoms with Crippen LogP contribution in [-0.4, -0.2) is 12.1 Å². The average molecular weight is 272 g/mol. The average Bonchev–Trinajstić information content (AvgIpc) is 2.04. The molecule has 0 saturated carbocycles. The standard InChI is InChI=1S/C7H5BrClF2NO/c1-13-3-2-12-6(8)4(5(3)9)7(10)11/h2,7H,1H3. The number of rotatable bonds is 2. The molecule has 0 aliphatic carbocycles. The third-order valence-corrected chi connectivity index (χ3v) is 2.43. The van der Waals surface area contributed by atoms with Crippen LogP contribution in [0.15, 0.2) is 10.8 Å². The molecule has 72 valence electrons. The van der Waals surface area contributed by atoms with Gasteiger partial charge in [-0.05, 0) is 15.9 Å². The van der Waals surface area contributed by atoms with E-state index in [1.165, 1.54) is 13.3 Å². The van der Waals surface area contributed by atoms with Crippen molar-refractivity contribution in [3.8, 4) is 5.75 Å². The summed E-state index contributed by atoms with van der Waals surface area (Å²) >= 11 is 8.51. The van der Waals surface area contributed by atoms with Gasteiger partial charge in [-0.15, -0.1) is 0 Å². The van der Waals surface area contributed by atoms with Crippen molar-refractivity contribution in [1.82, 2.24) is 4.98 Å². The molecule has 0 bridgehead atoms. The van der Waals surface area contributed by atoms with Crippen molar-refractivity contribution in [2.24, 2.45) is 0 Å². The molecule has 0 fully saturated rings. The lowest BCUT2D eigenvalue weighted by Crippen LogP contribution is -1.95. The van der Waals surface area contributed by atoms with Crippen molar-refractivity contribution in [2.45, 2.75) is 6.43 Å². The van der Waals surface area contributed by atoms with E-state index in [4.69, 9.17) is 16.3 Å². The van der Waals surface area contributed by atoms with E-state index >= 15 is 0 Å². The van der Waals surface area contributed by atoms with Gasteiger partial charge in [0.15, 0.2) is 5.75 Å². The Morgan fingerprint density at radius 2 is 2.23 bits per heavy atom. The predicted octanol–water partition coefficient (Wildman–Crippen LogP) is 3.44. The first-order valence-corrected chi connectivity index (χ1v) is 4.41. The van der Waals surface area contributed by atoms with Gasteiger partial charge in [0.2, 0.25) is 0 Å². The summed E-state index contributed by atoms with van der Waals surface area (Å²) in [6.45, 7) is 0. The van der Waals surface area contributed by atoms with Crippen LogP contribution in [0.2, 0.25) is 5.02 Å². The second kappa shape index (κ2) is 4.19. The van der Waals surface area contributed by atoms with Crippen LogP contribution in [-0.2, 0) is 0 Å². The number of alkyl halides is 2. The zero-order valence-corrected chi connectivity index (χ0v) is 8.86. The Hall–Kier alpha value is -0.420. The van der Waals surface area contributed by atoms with Gasteiger partial charge >= 0.3 is 0 Å². The number of methoxy groups -OCH3 is 1. The fraction of sp³-hybridized carbons (Fsp3) is 0.286. The van der Waals surface area contributed by atoms with Gasteiger partial charge < -0.3 is 4.74 Å². The lowest BCUT2D eigenvalue weighted by atomic mass is 10.3. The van der Waals surface area contributed by atoms with E-state index < -0.39 is 6.43 Å². The summed E-state index contributed by atoms with van der Waals surface area (Å²) < 4.78 is 29.6. The SMILES string of the molecule is COc1cnc(Br)c(C(F)F)c1Cl. The fourth-order valence-electron chi connectivity index (χ4n) is 0.793. The van der Waals surface area contributed by atoms with Crippen molar-refractivity contribution in [2.75, 3.05) is 7.11 Å². The van der Waals surface area contributed by atoms with Crippen LogP contribution in [0, 0.1) is 0 Å². The first kappa shape index (κ1) is 10.7. The Bertz CT molecular complexity index is 322. The number of nitrogens with zero attached hydrogens (tertiary/aromatic N) is 1. The van der Waals surface area contributed by atoms with Crippen molar-refractivity contribution in [1.29, 1.82) is 0 Å². The van der Waals surface area contributed by atoms with E-state index in [1.54, 1.807) is 0 Å². The fourth-order valence-corrected chi connectivity index (χ4v) is 1.68. The maximum atomic E-state index is 12.4. The maximum absolute atomic E-state index is 12.4. The molecular weight excluding hydrogens is 267 g/mol. The highest BCUT2D eigenvalue weighted by molar-refractivity contribution is 9.10. The molecule has 0 saturated heterocycles. The summed E-state index contributed by atoms with van der Waals surface area (Å²) in [6, 6.07) is 0. The summed E-state index contributed by atoms with van der Waals surface area (Å²) in [5, 5.41) is -0.112. The molecule has 0 atom stereocenters. The second-order valence-electron chi connectivity index (χ2n) is 2.15. The number of hydrogen-bond acceptors (Lipinski definition) is 2. The number of pyridine rings is 1. The van der Waals surface area contributed by atoms with Gasteiger partial charge in [-0.25, -0.2) is 13.8 Å². The molecule has 0 spiro atoms. The molecule has 0 aromatic carbocycles. The minimum absolute atomic E-state index is 0.0355. The molecule has 2 nitrogen and oxygen atoms in total. The highest BCUT2D eigenvalue weighted by Crippen LogP contribution is 2.37.